The maximum absolute atomic E-state index is 5.89. The summed E-state index contributed by atoms with van der Waals surface area (Å²) < 4.78 is 0. The molecular formula is C14H14N2. The van der Waals surface area contributed by atoms with E-state index in [4.69, 9.17) is 5.84 Å². The van der Waals surface area contributed by atoms with Crippen LogP contribution in [0, 0.1) is 0 Å². The largest absolute Gasteiger partial charge is 0.287 e. The lowest BCUT2D eigenvalue weighted by atomic mass is 10.2. The number of anilines is 1. The highest BCUT2D eigenvalue weighted by molar-refractivity contribution is 5.55. The molecule has 2 N–H and O–H groups in total. The summed E-state index contributed by atoms with van der Waals surface area (Å²) in [5.74, 6) is 5.89. The van der Waals surface area contributed by atoms with Crippen LogP contribution < -0.4 is 10.9 Å². The Hall–Kier alpha value is -2.06. The van der Waals surface area contributed by atoms with Crippen molar-refractivity contribution in [3.8, 4) is 0 Å². The zero-order valence-corrected chi connectivity index (χ0v) is 8.95. The maximum atomic E-state index is 5.89. The van der Waals surface area contributed by atoms with Crippen LogP contribution in [-0.2, 0) is 0 Å². The quantitative estimate of drug-likeness (QED) is 0.623. The smallest absolute Gasteiger partial charge is 0.0568 e. The number of nitrogens with two attached hydrogens (primary N) is 1. The van der Waals surface area contributed by atoms with Crippen molar-refractivity contribution in [2.45, 2.75) is 0 Å². The van der Waals surface area contributed by atoms with E-state index in [1.54, 1.807) is 5.01 Å². The van der Waals surface area contributed by atoms with Gasteiger partial charge in [0.2, 0.25) is 0 Å². The highest BCUT2D eigenvalue weighted by atomic mass is 15.4. The number of hydrogen-bond donors (Lipinski definition) is 1. The van der Waals surface area contributed by atoms with Crippen molar-refractivity contribution in [3.63, 3.8) is 0 Å². The molecule has 2 aromatic rings. The molecule has 80 valence electrons. The van der Waals surface area contributed by atoms with Gasteiger partial charge < -0.3 is 0 Å². The fourth-order valence-corrected chi connectivity index (χ4v) is 1.42. The molecule has 16 heavy (non-hydrogen) atoms. The summed E-state index contributed by atoms with van der Waals surface area (Å²) in [6, 6.07) is 19.9. The molecule has 0 aliphatic carbocycles. The molecule has 0 heterocycles. The van der Waals surface area contributed by atoms with Crippen LogP contribution in [0.4, 0.5) is 5.69 Å². The Morgan fingerprint density at radius 3 is 2.00 bits per heavy atom. The molecule has 0 saturated heterocycles. The van der Waals surface area contributed by atoms with E-state index in [1.165, 1.54) is 0 Å². The highest BCUT2D eigenvalue weighted by Gasteiger charge is 1.94. The third-order valence-corrected chi connectivity index (χ3v) is 2.28. The fraction of sp³-hybridized carbons (Fsp3) is 0. The Kier molecular flexibility index (Phi) is 3.36. The molecule has 0 saturated carbocycles. The van der Waals surface area contributed by atoms with E-state index >= 15 is 0 Å². The van der Waals surface area contributed by atoms with Crippen LogP contribution in [0.25, 0.3) is 6.08 Å². The zero-order chi connectivity index (χ0) is 11.2. The van der Waals surface area contributed by atoms with Gasteiger partial charge in [-0.2, -0.15) is 0 Å². The summed E-state index contributed by atoms with van der Waals surface area (Å²) in [4.78, 5) is 0. The average Bonchev–Trinajstić information content (AvgIpc) is 2.38. The minimum atomic E-state index is 0.967. The van der Waals surface area contributed by atoms with Crippen LogP contribution in [0.1, 0.15) is 5.56 Å². The van der Waals surface area contributed by atoms with Crippen molar-refractivity contribution in [1.29, 1.82) is 0 Å². The third-order valence-electron chi connectivity index (χ3n) is 2.28. The molecule has 0 unspecified atom stereocenters. The second kappa shape index (κ2) is 5.14. The van der Waals surface area contributed by atoms with E-state index in [2.05, 4.69) is 0 Å². The number of para-hydroxylation sites is 1. The van der Waals surface area contributed by atoms with Crippen molar-refractivity contribution < 1.29 is 0 Å². The van der Waals surface area contributed by atoms with Gasteiger partial charge in [-0.3, -0.25) is 5.01 Å². The normalized spacial score (nSPS) is 10.6. The lowest BCUT2D eigenvalue weighted by Crippen LogP contribution is -2.23. The van der Waals surface area contributed by atoms with Gasteiger partial charge in [0, 0.05) is 6.20 Å². The number of hydrogen-bond acceptors (Lipinski definition) is 2. The monoisotopic (exact) mass is 210 g/mol. The molecular weight excluding hydrogens is 196 g/mol. The molecule has 0 aromatic heterocycles. The van der Waals surface area contributed by atoms with Gasteiger partial charge in [-0.1, -0.05) is 48.5 Å². The first kappa shape index (κ1) is 10.5. The Bertz CT molecular complexity index is 449. The van der Waals surface area contributed by atoms with Gasteiger partial charge in [0.15, 0.2) is 0 Å². The van der Waals surface area contributed by atoms with Crippen LogP contribution in [0.3, 0.4) is 0 Å². The molecule has 0 bridgehead atoms. The lowest BCUT2D eigenvalue weighted by Gasteiger charge is -2.12. The molecule has 2 aromatic carbocycles. The molecule has 2 rings (SSSR count). The number of hydrazine groups is 1. The topological polar surface area (TPSA) is 29.3 Å². The standard InChI is InChI=1S/C14H14N2/c15-16(14-9-5-2-6-10-14)12-11-13-7-3-1-4-8-13/h1-12H,15H2. The van der Waals surface area contributed by atoms with Crippen LogP contribution >= 0.6 is 0 Å². The summed E-state index contributed by atoms with van der Waals surface area (Å²) in [6.45, 7) is 0. The predicted octanol–water partition coefficient (Wildman–Crippen LogP) is 3.04. The average molecular weight is 210 g/mol. The van der Waals surface area contributed by atoms with Crippen molar-refractivity contribution in [2.24, 2.45) is 5.84 Å². The van der Waals surface area contributed by atoms with E-state index < -0.39 is 0 Å². The van der Waals surface area contributed by atoms with E-state index in [1.807, 2.05) is 72.9 Å². The Morgan fingerprint density at radius 2 is 1.38 bits per heavy atom. The van der Waals surface area contributed by atoms with E-state index in [-0.39, 0.29) is 0 Å². The first-order valence-electron chi connectivity index (χ1n) is 5.18. The number of rotatable bonds is 3. The van der Waals surface area contributed by atoms with Gasteiger partial charge in [-0.25, -0.2) is 5.84 Å². The highest BCUT2D eigenvalue weighted by Crippen LogP contribution is 2.10. The summed E-state index contributed by atoms with van der Waals surface area (Å²) in [7, 11) is 0. The number of benzene rings is 2. The first-order chi connectivity index (χ1) is 7.86. The number of nitrogens with zero attached hydrogens (tertiary/aromatic N) is 1. The van der Waals surface area contributed by atoms with E-state index in [9.17, 15) is 0 Å². The van der Waals surface area contributed by atoms with Crippen LogP contribution in [0.15, 0.2) is 66.9 Å². The SMILES string of the molecule is NN(C=Cc1ccccc1)c1ccccc1. The van der Waals surface area contributed by atoms with Crippen LogP contribution in [-0.4, -0.2) is 0 Å². The Labute approximate surface area is 95.6 Å². The molecule has 2 nitrogen and oxygen atoms in total. The van der Waals surface area contributed by atoms with Gasteiger partial charge in [-0.05, 0) is 23.8 Å². The second-order valence-electron chi connectivity index (χ2n) is 3.47. The molecule has 0 fully saturated rings. The molecule has 0 aliphatic heterocycles. The van der Waals surface area contributed by atoms with E-state index in [0.717, 1.165) is 11.3 Å². The van der Waals surface area contributed by atoms with Gasteiger partial charge in [0.05, 0.1) is 5.69 Å². The molecule has 0 aliphatic rings. The molecule has 0 atom stereocenters. The summed E-state index contributed by atoms with van der Waals surface area (Å²) in [6.07, 6.45) is 3.83. The third kappa shape index (κ3) is 2.72. The van der Waals surface area contributed by atoms with Crippen molar-refractivity contribution in [3.05, 3.63) is 72.4 Å². The lowest BCUT2D eigenvalue weighted by molar-refractivity contribution is 1.08. The Balaban J connectivity index is 2.08. The molecule has 0 amide bonds. The van der Waals surface area contributed by atoms with Crippen LogP contribution in [0.5, 0.6) is 0 Å². The minimum Gasteiger partial charge on any atom is -0.287 e. The van der Waals surface area contributed by atoms with Crippen molar-refractivity contribution >= 4 is 11.8 Å². The fourth-order valence-electron chi connectivity index (χ4n) is 1.42. The first-order valence-corrected chi connectivity index (χ1v) is 5.18. The maximum Gasteiger partial charge on any atom is 0.0568 e. The van der Waals surface area contributed by atoms with Crippen molar-refractivity contribution in [2.75, 3.05) is 5.01 Å². The molecule has 2 heteroatoms. The molecule has 0 spiro atoms. The summed E-state index contributed by atoms with van der Waals surface area (Å²) in [5.41, 5.74) is 2.10. The summed E-state index contributed by atoms with van der Waals surface area (Å²) in [5, 5.41) is 1.60. The minimum absolute atomic E-state index is 0.967. The van der Waals surface area contributed by atoms with Gasteiger partial charge in [-0.15, -0.1) is 0 Å². The predicted molar refractivity (Wildman–Crippen MR) is 68.6 cm³/mol. The van der Waals surface area contributed by atoms with Crippen molar-refractivity contribution in [1.82, 2.24) is 0 Å². The zero-order valence-electron chi connectivity index (χ0n) is 8.95. The van der Waals surface area contributed by atoms with Gasteiger partial charge in [0.1, 0.15) is 0 Å². The second-order valence-corrected chi connectivity index (χ2v) is 3.47. The van der Waals surface area contributed by atoms with Crippen LogP contribution in [0.2, 0.25) is 0 Å². The van der Waals surface area contributed by atoms with E-state index in [0.29, 0.717) is 0 Å². The van der Waals surface area contributed by atoms with Gasteiger partial charge >= 0.3 is 0 Å². The Morgan fingerprint density at radius 1 is 0.812 bits per heavy atom. The summed E-state index contributed by atoms with van der Waals surface area (Å²) >= 11 is 0. The van der Waals surface area contributed by atoms with Gasteiger partial charge in [0.25, 0.3) is 0 Å². The molecule has 0 radical (unpaired) electrons.